The van der Waals surface area contributed by atoms with Crippen molar-refractivity contribution >= 4 is 23.4 Å². The molecule has 3 nitrogen and oxygen atoms in total. The first-order chi connectivity index (χ1) is 8.61. The molecule has 1 rings (SSSR count). The van der Waals surface area contributed by atoms with Crippen molar-refractivity contribution in [2.24, 2.45) is 10.7 Å². The molecule has 0 heterocycles. The molecule has 1 aromatic carbocycles. The molecule has 0 radical (unpaired) electrons. The quantitative estimate of drug-likeness (QED) is 0.370. The van der Waals surface area contributed by atoms with Gasteiger partial charge in [0, 0.05) is 11.4 Å². The number of nitrogens with one attached hydrogen (secondary N) is 1. The molecule has 4 heteroatoms. The van der Waals surface area contributed by atoms with Gasteiger partial charge in [0.25, 0.3) is 0 Å². The fourth-order valence-electron chi connectivity index (χ4n) is 1.60. The number of guanidine groups is 1. The Kier molecular flexibility index (Phi) is 6.16. The number of hydrogen-bond donors (Lipinski definition) is 2. The van der Waals surface area contributed by atoms with E-state index in [1.54, 1.807) is 11.8 Å². The Morgan fingerprint density at radius 1 is 1.39 bits per heavy atom. The van der Waals surface area contributed by atoms with Gasteiger partial charge in [-0.25, -0.2) is 0 Å². The van der Waals surface area contributed by atoms with Crippen LogP contribution in [0.25, 0.3) is 0 Å². The standard InChI is InChI=1S/C14H19N3S/c1-4-6-18-7-5-16-14(15)17-13-9-11(2)8-12(3)10-13/h1,8-10H,5-7H2,2-3H3,(H3,15,16,17). The fraction of sp³-hybridized carbons (Fsp3) is 0.357. The molecular weight excluding hydrogens is 242 g/mol. The summed E-state index contributed by atoms with van der Waals surface area (Å²) in [5.41, 5.74) is 9.19. The molecule has 0 saturated carbocycles. The zero-order valence-corrected chi connectivity index (χ0v) is 11.7. The Morgan fingerprint density at radius 3 is 2.67 bits per heavy atom. The van der Waals surface area contributed by atoms with Crippen LogP contribution < -0.4 is 11.1 Å². The predicted octanol–water partition coefficient (Wildman–Crippen LogP) is 2.40. The highest BCUT2D eigenvalue weighted by atomic mass is 32.2. The first-order valence-electron chi connectivity index (χ1n) is 5.78. The van der Waals surface area contributed by atoms with Gasteiger partial charge in [0.05, 0.1) is 12.3 Å². The number of terminal acetylenes is 1. The number of aliphatic imine (C=N–C) groups is 1. The summed E-state index contributed by atoms with van der Waals surface area (Å²) in [5, 5.41) is 3.09. The fourth-order valence-corrected chi connectivity index (χ4v) is 2.08. The molecule has 0 spiro atoms. The average Bonchev–Trinajstić information content (AvgIpc) is 2.27. The number of benzene rings is 1. The lowest BCUT2D eigenvalue weighted by Crippen LogP contribution is -2.23. The van der Waals surface area contributed by atoms with Crippen LogP contribution in [0.5, 0.6) is 0 Å². The van der Waals surface area contributed by atoms with Crippen LogP contribution in [-0.4, -0.2) is 24.0 Å². The third kappa shape index (κ3) is 5.65. The zero-order valence-electron chi connectivity index (χ0n) is 10.9. The monoisotopic (exact) mass is 261 g/mol. The van der Waals surface area contributed by atoms with Crippen molar-refractivity contribution in [3.63, 3.8) is 0 Å². The van der Waals surface area contributed by atoms with Crippen molar-refractivity contribution < 1.29 is 0 Å². The number of nitrogens with two attached hydrogens (primary N) is 1. The Labute approximate surface area is 113 Å². The van der Waals surface area contributed by atoms with Crippen LogP contribution in [0.3, 0.4) is 0 Å². The lowest BCUT2D eigenvalue weighted by molar-refractivity contribution is 1.13. The topological polar surface area (TPSA) is 50.4 Å². The molecule has 96 valence electrons. The summed E-state index contributed by atoms with van der Waals surface area (Å²) in [5.74, 6) is 4.63. The number of thioether (sulfide) groups is 1. The molecule has 0 aliphatic carbocycles. The third-order valence-electron chi connectivity index (χ3n) is 2.20. The van der Waals surface area contributed by atoms with Crippen molar-refractivity contribution in [3.05, 3.63) is 29.3 Å². The second kappa shape index (κ2) is 7.67. The van der Waals surface area contributed by atoms with Crippen molar-refractivity contribution in [3.8, 4) is 12.3 Å². The van der Waals surface area contributed by atoms with Gasteiger partial charge in [-0.05, 0) is 37.1 Å². The molecule has 3 N–H and O–H groups in total. The maximum absolute atomic E-state index is 5.81. The van der Waals surface area contributed by atoms with Crippen LogP contribution in [0.1, 0.15) is 11.1 Å². The highest BCUT2D eigenvalue weighted by Crippen LogP contribution is 2.13. The number of anilines is 1. The van der Waals surface area contributed by atoms with E-state index in [1.165, 1.54) is 11.1 Å². The molecular formula is C14H19N3S. The Balaban J connectivity index is 2.46. The number of rotatable bonds is 5. The van der Waals surface area contributed by atoms with Crippen molar-refractivity contribution in [1.82, 2.24) is 0 Å². The summed E-state index contributed by atoms with van der Waals surface area (Å²) in [6, 6.07) is 6.21. The Hall–Kier alpha value is -1.60. The van der Waals surface area contributed by atoms with Crippen LogP contribution in [0.4, 0.5) is 5.69 Å². The van der Waals surface area contributed by atoms with Crippen LogP contribution in [0.15, 0.2) is 23.2 Å². The second-order valence-electron chi connectivity index (χ2n) is 4.03. The molecule has 0 bridgehead atoms. The predicted molar refractivity (Wildman–Crippen MR) is 82.2 cm³/mol. The maximum atomic E-state index is 5.81. The molecule has 18 heavy (non-hydrogen) atoms. The van der Waals surface area contributed by atoms with Crippen LogP contribution in [-0.2, 0) is 0 Å². The Morgan fingerprint density at radius 2 is 2.06 bits per heavy atom. The van der Waals surface area contributed by atoms with E-state index in [1.807, 2.05) is 12.1 Å². The van der Waals surface area contributed by atoms with E-state index >= 15 is 0 Å². The van der Waals surface area contributed by atoms with Gasteiger partial charge in [-0.3, -0.25) is 4.99 Å². The average molecular weight is 261 g/mol. The summed E-state index contributed by atoms with van der Waals surface area (Å²) >= 11 is 1.68. The van der Waals surface area contributed by atoms with Gasteiger partial charge in [0.1, 0.15) is 0 Å². The minimum Gasteiger partial charge on any atom is -0.370 e. The molecule has 0 saturated heterocycles. The highest BCUT2D eigenvalue weighted by molar-refractivity contribution is 7.99. The van der Waals surface area contributed by atoms with Gasteiger partial charge in [-0.1, -0.05) is 12.0 Å². The maximum Gasteiger partial charge on any atom is 0.193 e. The van der Waals surface area contributed by atoms with E-state index in [4.69, 9.17) is 12.2 Å². The zero-order chi connectivity index (χ0) is 13.4. The largest absolute Gasteiger partial charge is 0.370 e. The van der Waals surface area contributed by atoms with Crippen LogP contribution in [0, 0.1) is 26.2 Å². The SMILES string of the molecule is C#CCSCCN=C(N)Nc1cc(C)cc(C)c1. The van der Waals surface area contributed by atoms with E-state index in [-0.39, 0.29) is 0 Å². The molecule has 0 aliphatic heterocycles. The first kappa shape index (κ1) is 14.5. The van der Waals surface area contributed by atoms with Gasteiger partial charge in [0.15, 0.2) is 5.96 Å². The van der Waals surface area contributed by atoms with Gasteiger partial charge in [-0.15, -0.1) is 18.2 Å². The smallest absolute Gasteiger partial charge is 0.193 e. The van der Waals surface area contributed by atoms with Gasteiger partial charge < -0.3 is 11.1 Å². The normalized spacial score (nSPS) is 11.1. The van der Waals surface area contributed by atoms with E-state index in [0.29, 0.717) is 12.5 Å². The van der Waals surface area contributed by atoms with Gasteiger partial charge in [-0.2, -0.15) is 0 Å². The molecule has 0 unspecified atom stereocenters. The van der Waals surface area contributed by atoms with E-state index < -0.39 is 0 Å². The second-order valence-corrected chi connectivity index (χ2v) is 5.13. The van der Waals surface area contributed by atoms with Crippen LogP contribution in [0.2, 0.25) is 0 Å². The summed E-state index contributed by atoms with van der Waals surface area (Å²) in [4.78, 5) is 4.24. The van der Waals surface area contributed by atoms with E-state index in [0.717, 1.165) is 17.2 Å². The summed E-state index contributed by atoms with van der Waals surface area (Å²) in [6.45, 7) is 4.79. The highest BCUT2D eigenvalue weighted by Gasteiger charge is 1.97. The first-order valence-corrected chi connectivity index (χ1v) is 6.93. The molecule has 0 aromatic heterocycles. The van der Waals surface area contributed by atoms with Crippen LogP contribution >= 0.6 is 11.8 Å². The molecule has 1 aromatic rings. The third-order valence-corrected chi connectivity index (χ3v) is 3.04. The number of nitrogens with zero attached hydrogens (tertiary/aromatic N) is 1. The van der Waals surface area contributed by atoms with Gasteiger partial charge in [0.2, 0.25) is 0 Å². The minimum atomic E-state index is 0.446. The molecule has 0 aliphatic rings. The van der Waals surface area contributed by atoms with Gasteiger partial charge >= 0.3 is 0 Å². The van der Waals surface area contributed by atoms with E-state index in [2.05, 4.69) is 36.1 Å². The number of hydrogen-bond acceptors (Lipinski definition) is 2. The summed E-state index contributed by atoms with van der Waals surface area (Å²) in [7, 11) is 0. The van der Waals surface area contributed by atoms with Crippen molar-refractivity contribution in [2.75, 3.05) is 23.4 Å². The van der Waals surface area contributed by atoms with Crippen molar-refractivity contribution in [2.45, 2.75) is 13.8 Å². The summed E-state index contributed by atoms with van der Waals surface area (Å²) < 4.78 is 0. The minimum absolute atomic E-state index is 0.446. The Bertz CT molecular complexity index is 440. The number of aryl methyl sites for hydroxylation is 2. The van der Waals surface area contributed by atoms with E-state index in [9.17, 15) is 0 Å². The molecule has 0 atom stereocenters. The summed E-state index contributed by atoms with van der Waals surface area (Å²) in [6.07, 6.45) is 5.16. The molecule has 0 fully saturated rings. The lowest BCUT2D eigenvalue weighted by Gasteiger charge is -2.07. The lowest BCUT2D eigenvalue weighted by atomic mass is 10.1. The molecule has 0 amide bonds. The van der Waals surface area contributed by atoms with Crippen molar-refractivity contribution in [1.29, 1.82) is 0 Å².